The number of nitrogens with one attached hydrogen (secondary N) is 1. The summed E-state index contributed by atoms with van der Waals surface area (Å²) in [6.45, 7) is 1.43. The van der Waals surface area contributed by atoms with Gasteiger partial charge in [-0.3, -0.25) is 0 Å². The fraction of sp³-hybridized carbons (Fsp3) is 0.385. The topological polar surface area (TPSA) is 41.0 Å². The molecular formula is C13H16F2N4. The number of benzene rings is 1. The molecule has 102 valence electrons. The third kappa shape index (κ3) is 3.35. The quantitative estimate of drug-likeness (QED) is 0.903. The van der Waals surface area contributed by atoms with E-state index in [9.17, 15) is 8.78 Å². The van der Waals surface area contributed by atoms with Gasteiger partial charge in [-0.15, -0.1) is 0 Å². The fourth-order valence-corrected chi connectivity index (χ4v) is 1.72. The van der Waals surface area contributed by atoms with E-state index in [1.165, 1.54) is 0 Å². The molecule has 1 N–H and O–H groups in total. The molecule has 19 heavy (non-hydrogen) atoms. The summed E-state index contributed by atoms with van der Waals surface area (Å²) in [5, 5.41) is 3.84. The molecule has 0 atom stereocenters. The molecule has 2 rings (SSSR count). The minimum atomic E-state index is -2.67. The molecule has 6 heteroatoms. The summed E-state index contributed by atoms with van der Waals surface area (Å²) in [6.07, 6.45) is -2.67. The Balaban J connectivity index is 2.33. The van der Waals surface area contributed by atoms with E-state index in [2.05, 4.69) is 15.3 Å². The standard InChI is InChI=1S/C13H16F2N4/c1-19(2)8-7-16-12-9-5-3-4-6-10(9)17-13(18-12)11(14)15/h3-6,11H,7-8H2,1-2H3,(H,16,17,18). The monoisotopic (exact) mass is 266 g/mol. The van der Waals surface area contributed by atoms with Gasteiger partial charge in [0, 0.05) is 18.5 Å². The van der Waals surface area contributed by atoms with E-state index >= 15 is 0 Å². The maximum atomic E-state index is 12.8. The maximum absolute atomic E-state index is 12.8. The highest BCUT2D eigenvalue weighted by atomic mass is 19.3. The highest BCUT2D eigenvalue weighted by Gasteiger charge is 2.14. The average molecular weight is 266 g/mol. The van der Waals surface area contributed by atoms with Crippen molar-refractivity contribution in [2.24, 2.45) is 0 Å². The zero-order valence-electron chi connectivity index (χ0n) is 10.9. The summed E-state index contributed by atoms with van der Waals surface area (Å²) in [5.74, 6) is 0.0220. The molecule has 1 heterocycles. The van der Waals surface area contributed by atoms with E-state index < -0.39 is 12.2 Å². The van der Waals surface area contributed by atoms with Gasteiger partial charge in [-0.2, -0.15) is 0 Å². The lowest BCUT2D eigenvalue weighted by Gasteiger charge is -2.13. The Morgan fingerprint density at radius 1 is 1.21 bits per heavy atom. The molecule has 0 aliphatic carbocycles. The average Bonchev–Trinajstić information content (AvgIpc) is 2.38. The molecule has 1 aromatic heterocycles. The zero-order chi connectivity index (χ0) is 13.8. The molecule has 0 unspecified atom stereocenters. The Kier molecular flexibility index (Phi) is 4.21. The number of fused-ring (bicyclic) bond motifs is 1. The fourth-order valence-electron chi connectivity index (χ4n) is 1.72. The highest BCUT2D eigenvalue weighted by Crippen LogP contribution is 2.24. The van der Waals surface area contributed by atoms with Crippen LogP contribution in [0.25, 0.3) is 10.9 Å². The van der Waals surface area contributed by atoms with Crippen molar-refractivity contribution in [3.8, 4) is 0 Å². The molecule has 0 fully saturated rings. The van der Waals surface area contributed by atoms with Gasteiger partial charge in [0.25, 0.3) is 6.43 Å². The van der Waals surface area contributed by atoms with Gasteiger partial charge in [-0.05, 0) is 26.2 Å². The first-order valence-corrected chi connectivity index (χ1v) is 6.01. The molecule has 0 aliphatic rings. The van der Waals surface area contributed by atoms with Gasteiger partial charge >= 0.3 is 0 Å². The molecule has 0 spiro atoms. The summed E-state index contributed by atoms with van der Waals surface area (Å²) < 4.78 is 25.5. The van der Waals surface area contributed by atoms with Gasteiger partial charge in [-0.25, -0.2) is 18.7 Å². The first-order valence-electron chi connectivity index (χ1n) is 6.01. The van der Waals surface area contributed by atoms with Crippen molar-refractivity contribution in [1.82, 2.24) is 14.9 Å². The summed E-state index contributed by atoms with van der Waals surface area (Å²) in [4.78, 5) is 9.78. The van der Waals surface area contributed by atoms with Crippen molar-refractivity contribution in [1.29, 1.82) is 0 Å². The minimum Gasteiger partial charge on any atom is -0.368 e. The van der Waals surface area contributed by atoms with Crippen LogP contribution in [0.15, 0.2) is 24.3 Å². The second kappa shape index (κ2) is 5.88. The van der Waals surface area contributed by atoms with Crippen molar-refractivity contribution in [2.45, 2.75) is 6.43 Å². The van der Waals surface area contributed by atoms with Crippen molar-refractivity contribution in [3.05, 3.63) is 30.1 Å². The van der Waals surface area contributed by atoms with Gasteiger partial charge in [0.2, 0.25) is 0 Å². The van der Waals surface area contributed by atoms with Crippen molar-refractivity contribution < 1.29 is 8.78 Å². The Morgan fingerprint density at radius 2 is 1.95 bits per heavy atom. The number of para-hydroxylation sites is 1. The van der Waals surface area contributed by atoms with E-state index in [4.69, 9.17) is 0 Å². The van der Waals surface area contributed by atoms with Crippen molar-refractivity contribution in [2.75, 3.05) is 32.5 Å². The number of alkyl halides is 2. The van der Waals surface area contributed by atoms with Crippen LogP contribution in [0.4, 0.5) is 14.6 Å². The normalized spacial score (nSPS) is 11.5. The zero-order valence-corrected chi connectivity index (χ0v) is 10.9. The van der Waals surface area contributed by atoms with Crippen LogP contribution in [0.1, 0.15) is 12.2 Å². The van der Waals surface area contributed by atoms with E-state index in [1.807, 2.05) is 31.1 Å². The maximum Gasteiger partial charge on any atom is 0.297 e. The lowest BCUT2D eigenvalue weighted by Crippen LogP contribution is -2.21. The number of hydrogen-bond donors (Lipinski definition) is 1. The van der Waals surface area contributed by atoms with Gasteiger partial charge < -0.3 is 10.2 Å². The summed E-state index contributed by atoms with van der Waals surface area (Å²) >= 11 is 0. The summed E-state index contributed by atoms with van der Waals surface area (Å²) in [7, 11) is 3.90. The van der Waals surface area contributed by atoms with Crippen LogP contribution in [-0.2, 0) is 0 Å². The van der Waals surface area contributed by atoms with Crippen molar-refractivity contribution >= 4 is 16.7 Å². The number of rotatable bonds is 5. The Labute approximate surface area is 110 Å². The van der Waals surface area contributed by atoms with Crippen LogP contribution in [0.3, 0.4) is 0 Å². The van der Waals surface area contributed by atoms with Crippen LogP contribution >= 0.6 is 0 Å². The summed E-state index contributed by atoms with van der Waals surface area (Å²) in [6, 6.07) is 7.14. The van der Waals surface area contributed by atoms with E-state index in [0.717, 1.165) is 11.9 Å². The largest absolute Gasteiger partial charge is 0.368 e. The molecule has 0 radical (unpaired) electrons. The predicted molar refractivity (Wildman–Crippen MR) is 71.5 cm³/mol. The van der Waals surface area contributed by atoms with E-state index in [1.54, 1.807) is 12.1 Å². The third-order valence-electron chi connectivity index (χ3n) is 2.67. The third-order valence-corrected chi connectivity index (χ3v) is 2.67. The first-order chi connectivity index (χ1) is 9.08. The first kappa shape index (κ1) is 13.6. The Bertz CT molecular complexity index is 557. The smallest absolute Gasteiger partial charge is 0.297 e. The molecular weight excluding hydrogens is 250 g/mol. The van der Waals surface area contributed by atoms with Gasteiger partial charge in [0.1, 0.15) is 5.82 Å². The van der Waals surface area contributed by atoms with Gasteiger partial charge in [0.05, 0.1) is 5.52 Å². The molecule has 0 saturated carbocycles. The van der Waals surface area contributed by atoms with Crippen LogP contribution in [0.2, 0.25) is 0 Å². The van der Waals surface area contributed by atoms with Crippen LogP contribution < -0.4 is 5.32 Å². The minimum absolute atomic E-state index is 0.439. The molecule has 4 nitrogen and oxygen atoms in total. The van der Waals surface area contributed by atoms with Gasteiger partial charge in [0.15, 0.2) is 5.82 Å². The second-order valence-corrected chi connectivity index (χ2v) is 4.48. The number of halogens is 2. The number of nitrogens with zero attached hydrogens (tertiary/aromatic N) is 3. The molecule has 2 aromatic rings. The lowest BCUT2D eigenvalue weighted by molar-refractivity contribution is 0.141. The van der Waals surface area contributed by atoms with Gasteiger partial charge in [-0.1, -0.05) is 12.1 Å². The number of likely N-dealkylation sites (N-methyl/N-ethyl adjacent to an activating group) is 1. The summed E-state index contributed by atoms with van der Waals surface area (Å²) in [5.41, 5.74) is 0.528. The van der Waals surface area contributed by atoms with Crippen LogP contribution in [0, 0.1) is 0 Å². The SMILES string of the molecule is CN(C)CCNc1nc(C(F)F)nc2ccccc12. The number of anilines is 1. The lowest BCUT2D eigenvalue weighted by atomic mass is 10.2. The van der Waals surface area contributed by atoms with Crippen LogP contribution in [0.5, 0.6) is 0 Å². The number of aromatic nitrogens is 2. The molecule has 0 bridgehead atoms. The molecule has 0 amide bonds. The molecule has 0 saturated heterocycles. The number of hydrogen-bond acceptors (Lipinski definition) is 4. The van der Waals surface area contributed by atoms with E-state index in [-0.39, 0.29) is 0 Å². The van der Waals surface area contributed by atoms with E-state index in [0.29, 0.717) is 17.9 Å². The van der Waals surface area contributed by atoms with Crippen molar-refractivity contribution in [3.63, 3.8) is 0 Å². The Morgan fingerprint density at radius 3 is 2.63 bits per heavy atom. The molecule has 0 aliphatic heterocycles. The Hall–Kier alpha value is -1.82. The van der Waals surface area contributed by atoms with Crippen LogP contribution in [-0.4, -0.2) is 42.1 Å². The predicted octanol–water partition coefficient (Wildman–Crippen LogP) is 2.54. The second-order valence-electron chi connectivity index (χ2n) is 4.48. The highest BCUT2D eigenvalue weighted by molar-refractivity contribution is 5.88. The molecule has 1 aromatic carbocycles.